The third-order valence-electron chi connectivity index (χ3n) is 2.18. The average Bonchev–Trinajstić information content (AvgIpc) is 2.03. The lowest BCUT2D eigenvalue weighted by Gasteiger charge is -2.38. The molecule has 0 radical (unpaired) electrons. The predicted molar refractivity (Wildman–Crippen MR) is 52.1 cm³/mol. The molecular formula is C10H16N2O. The van der Waals surface area contributed by atoms with E-state index in [1.54, 1.807) is 0 Å². The summed E-state index contributed by atoms with van der Waals surface area (Å²) >= 11 is 0. The molecule has 0 spiro atoms. The van der Waals surface area contributed by atoms with Crippen LogP contribution in [0.2, 0.25) is 0 Å². The van der Waals surface area contributed by atoms with Crippen LogP contribution in [0.1, 0.15) is 20.3 Å². The van der Waals surface area contributed by atoms with E-state index >= 15 is 0 Å². The Hall–Kier alpha value is -1.01. The molecule has 0 aromatic carbocycles. The van der Waals surface area contributed by atoms with Gasteiger partial charge in [0.15, 0.2) is 0 Å². The Morgan fingerprint density at radius 3 is 2.92 bits per heavy atom. The highest BCUT2D eigenvalue weighted by molar-refractivity contribution is 5.78. The van der Waals surface area contributed by atoms with E-state index in [2.05, 4.69) is 25.1 Å². The molecule has 0 atom stereocenters. The van der Waals surface area contributed by atoms with E-state index in [1.807, 2.05) is 4.90 Å². The zero-order valence-corrected chi connectivity index (χ0v) is 8.26. The minimum atomic E-state index is 0.0164. The third-order valence-corrected chi connectivity index (χ3v) is 2.18. The maximum Gasteiger partial charge on any atom is 0.234 e. The zero-order valence-electron chi connectivity index (χ0n) is 8.26. The van der Waals surface area contributed by atoms with Crippen LogP contribution in [0.5, 0.6) is 0 Å². The highest BCUT2D eigenvalue weighted by Gasteiger charge is 2.27. The minimum absolute atomic E-state index is 0.0164. The molecule has 0 saturated carbocycles. The van der Waals surface area contributed by atoms with Crippen molar-refractivity contribution in [2.45, 2.75) is 25.8 Å². The highest BCUT2D eigenvalue weighted by Crippen LogP contribution is 2.10. The third kappa shape index (κ3) is 2.74. The van der Waals surface area contributed by atoms with Gasteiger partial charge in [-0.05, 0) is 13.8 Å². The molecule has 1 heterocycles. The SMILES string of the molecule is C#CCC(=O)N1CCNC(C)(C)C1. The first-order valence-electron chi connectivity index (χ1n) is 4.51. The summed E-state index contributed by atoms with van der Waals surface area (Å²) in [5, 5.41) is 3.34. The van der Waals surface area contributed by atoms with Crippen LogP contribution < -0.4 is 5.32 Å². The molecule has 0 bridgehead atoms. The summed E-state index contributed by atoms with van der Waals surface area (Å²) in [6.45, 7) is 6.53. The molecule has 0 aromatic rings. The number of carbonyl (C=O) groups excluding carboxylic acids is 1. The van der Waals surface area contributed by atoms with Gasteiger partial charge in [-0.15, -0.1) is 6.42 Å². The standard InChI is InChI=1S/C10H16N2O/c1-4-5-9(13)12-7-6-11-10(2,3)8-12/h1,11H,5-8H2,2-3H3. The molecule has 13 heavy (non-hydrogen) atoms. The second-order valence-corrected chi connectivity index (χ2v) is 4.01. The number of hydrogen-bond acceptors (Lipinski definition) is 2. The first-order chi connectivity index (χ1) is 6.05. The van der Waals surface area contributed by atoms with Crippen molar-refractivity contribution in [2.24, 2.45) is 0 Å². The smallest absolute Gasteiger partial charge is 0.234 e. The van der Waals surface area contributed by atoms with Gasteiger partial charge >= 0.3 is 0 Å². The van der Waals surface area contributed by atoms with E-state index < -0.39 is 0 Å². The molecule has 1 rings (SSSR count). The maximum atomic E-state index is 11.4. The van der Waals surface area contributed by atoms with Gasteiger partial charge in [0.1, 0.15) is 0 Å². The Balaban J connectivity index is 2.53. The fourth-order valence-electron chi connectivity index (χ4n) is 1.55. The molecule has 3 heteroatoms. The van der Waals surface area contributed by atoms with Crippen LogP contribution >= 0.6 is 0 Å². The van der Waals surface area contributed by atoms with Gasteiger partial charge in [0.2, 0.25) is 5.91 Å². The van der Waals surface area contributed by atoms with Crippen LogP contribution in [0.15, 0.2) is 0 Å². The van der Waals surface area contributed by atoms with Crippen molar-refractivity contribution in [2.75, 3.05) is 19.6 Å². The van der Waals surface area contributed by atoms with Crippen molar-refractivity contribution in [3.8, 4) is 12.3 Å². The van der Waals surface area contributed by atoms with Gasteiger partial charge in [-0.1, -0.05) is 5.92 Å². The normalized spacial score (nSPS) is 20.8. The summed E-state index contributed by atoms with van der Waals surface area (Å²) in [6, 6.07) is 0. The van der Waals surface area contributed by atoms with Crippen molar-refractivity contribution >= 4 is 5.91 Å². The summed E-state index contributed by atoms with van der Waals surface area (Å²) in [5.74, 6) is 2.45. The van der Waals surface area contributed by atoms with E-state index in [9.17, 15) is 4.79 Å². The zero-order chi connectivity index (χ0) is 9.90. The second-order valence-electron chi connectivity index (χ2n) is 4.01. The van der Waals surface area contributed by atoms with Gasteiger partial charge in [0.05, 0.1) is 6.42 Å². The van der Waals surface area contributed by atoms with Crippen molar-refractivity contribution < 1.29 is 4.79 Å². The molecule has 3 nitrogen and oxygen atoms in total. The molecular weight excluding hydrogens is 164 g/mol. The Labute approximate surface area is 79.5 Å². The van der Waals surface area contributed by atoms with Gasteiger partial charge in [-0.2, -0.15) is 0 Å². The summed E-state index contributed by atoms with van der Waals surface area (Å²) < 4.78 is 0. The lowest BCUT2D eigenvalue weighted by atomic mass is 10.0. The maximum absolute atomic E-state index is 11.4. The summed E-state index contributed by atoms with van der Waals surface area (Å²) in [5.41, 5.74) is 0.0164. The summed E-state index contributed by atoms with van der Waals surface area (Å²) in [7, 11) is 0. The molecule has 0 aliphatic carbocycles. The topological polar surface area (TPSA) is 32.3 Å². The molecule has 1 N–H and O–H groups in total. The highest BCUT2D eigenvalue weighted by atomic mass is 16.2. The van der Waals surface area contributed by atoms with Gasteiger partial charge in [0.25, 0.3) is 0 Å². The molecule has 1 aliphatic rings. The number of hydrogen-bond donors (Lipinski definition) is 1. The number of nitrogens with zero attached hydrogens (tertiary/aromatic N) is 1. The number of carbonyl (C=O) groups is 1. The van der Waals surface area contributed by atoms with Gasteiger partial charge in [0, 0.05) is 25.2 Å². The van der Waals surface area contributed by atoms with Crippen LogP contribution in [-0.2, 0) is 4.79 Å². The first-order valence-corrected chi connectivity index (χ1v) is 4.51. The summed E-state index contributed by atoms with van der Waals surface area (Å²) in [6.07, 6.45) is 5.31. The molecule has 1 fully saturated rings. The first kappa shape index (κ1) is 10.1. The Bertz CT molecular complexity index is 240. The van der Waals surface area contributed by atoms with E-state index in [4.69, 9.17) is 6.42 Å². The lowest BCUT2D eigenvalue weighted by Crippen LogP contribution is -2.58. The molecule has 1 aliphatic heterocycles. The number of amides is 1. The molecule has 72 valence electrons. The second kappa shape index (κ2) is 3.80. The van der Waals surface area contributed by atoms with Crippen molar-refractivity contribution in [1.29, 1.82) is 0 Å². The monoisotopic (exact) mass is 180 g/mol. The van der Waals surface area contributed by atoms with Crippen molar-refractivity contribution in [3.05, 3.63) is 0 Å². The van der Waals surface area contributed by atoms with Crippen molar-refractivity contribution in [3.63, 3.8) is 0 Å². The van der Waals surface area contributed by atoms with E-state index in [0.29, 0.717) is 0 Å². The Morgan fingerprint density at radius 1 is 1.69 bits per heavy atom. The van der Waals surface area contributed by atoms with E-state index in [-0.39, 0.29) is 17.9 Å². The lowest BCUT2D eigenvalue weighted by molar-refractivity contribution is -0.132. The number of terminal acetylenes is 1. The van der Waals surface area contributed by atoms with Gasteiger partial charge in [-0.25, -0.2) is 0 Å². The summed E-state index contributed by atoms with van der Waals surface area (Å²) in [4.78, 5) is 13.3. The van der Waals surface area contributed by atoms with Crippen LogP contribution in [-0.4, -0.2) is 36.0 Å². The Kier molecular flexibility index (Phi) is 2.94. The number of rotatable bonds is 1. The molecule has 1 saturated heterocycles. The van der Waals surface area contributed by atoms with Crippen LogP contribution in [0, 0.1) is 12.3 Å². The van der Waals surface area contributed by atoms with Crippen molar-refractivity contribution in [1.82, 2.24) is 10.2 Å². The molecule has 1 amide bonds. The quantitative estimate of drug-likeness (QED) is 0.585. The fraction of sp³-hybridized carbons (Fsp3) is 0.700. The van der Waals surface area contributed by atoms with Crippen LogP contribution in [0.25, 0.3) is 0 Å². The molecule has 0 unspecified atom stereocenters. The van der Waals surface area contributed by atoms with Crippen LogP contribution in [0.4, 0.5) is 0 Å². The Morgan fingerprint density at radius 2 is 2.38 bits per heavy atom. The number of piperazine rings is 1. The van der Waals surface area contributed by atoms with Crippen LogP contribution in [0.3, 0.4) is 0 Å². The fourth-order valence-corrected chi connectivity index (χ4v) is 1.55. The molecule has 0 aromatic heterocycles. The van der Waals surface area contributed by atoms with Gasteiger partial charge in [-0.3, -0.25) is 4.79 Å². The van der Waals surface area contributed by atoms with E-state index in [1.165, 1.54) is 0 Å². The minimum Gasteiger partial charge on any atom is -0.339 e. The number of nitrogens with one attached hydrogen (secondary N) is 1. The van der Waals surface area contributed by atoms with E-state index in [0.717, 1.165) is 19.6 Å². The largest absolute Gasteiger partial charge is 0.339 e. The average molecular weight is 180 g/mol. The predicted octanol–water partition coefficient (Wildman–Crippen LogP) is 0.220. The van der Waals surface area contributed by atoms with Gasteiger partial charge < -0.3 is 10.2 Å².